The lowest BCUT2D eigenvalue weighted by Crippen LogP contribution is -2.60. The molecule has 0 spiro atoms. The molecule has 3 rings (SSSR count). The van der Waals surface area contributed by atoms with Gasteiger partial charge in [0.2, 0.25) is 11.8 Å². The summed E-state index contributed by atoms with van der Waals surface area (Å²) in [6.07, 6.45) is 3.72. The molecule has 0 bridgehead atoms. The number of alkyl halides is 2. The number of nitrogens with zero attached hydrogens (tertiary/aromatic N) is 1. The number of H-pyrrole nitrogens is 1. The molecule has 1 heterocycles. The second kappa shape index (κ2) is 15.9. The molecular weight excluding hydrogens is 590 g/mol. The van der Waals surface area contributed by atoms with E-state index in [1.807, 2.05) is 0 Å². The van der Waals surface area contributed by atoms with E-state index in [4.69, 9.17) is 10.5 Å². The van der Waals surface area contributed by atoms with Gasteiger partial charge in [0.25, 0.3) is 5.91 Å². The lowest BCUT2D eigenvalue weighted by Gasteiger charge is -2.30. The number of carbonyl (C=O) groups excluding carboxylic acids is 4. The van der Waals surface area contributed by atoms with E-state index in [-0.39, 0.29) is 30.9 Å². The van der Waals surface area contributed by atoms with Gasteiger partial charge in [-0.25, -0.2) is 9.78 Å². The van der Waals surface area contributed by atoms with Gasteiger partial charge in [-0.1, -0.05) is 62.4 Å². The molecule has 248 valence electrons. The lowest BCUT2D eigenvalue weighted by molar-refractivity contribution is -0.168. The SMILES string of the molecule is CC(C)(C)OC(=O)NC(Cc1ccccc1)C(=O)NC(Cc1c[nH]cn1)C(=O)NC(=O)C(F)(F)[C@H](O)[C@@H](N)CC1CCCCC1. The van der Waals surface area contributed by atoms with Gasteiger partial charge in [0.1, 0.15) is 23.8 Å². The number of alkyl carbamates (subject to hydrolysis) is 1. The first-order valence-corrected chi connectivity index (χ1v) is 15.1. The third kappa shape index (κ3) is 11.2. The summed E-state index contributed by atoms with van der Waals surface area (Å²) in [6.45, 7) is 4.95. The van der Waals surface area contributed by atoms with Crippen molar-refractivity contribution >= 4 is 23.8 Å². The number of amides is 4. The van der Waals surface area contributed by atoms with E-state index >= 15 is 8.78 Å². The summed E-state index contributed by atoms with van der Waals surface area (Å²) in [5.74, 6) is -8.48. The van der Waals surface area contributed by atoms with E-state index in [1.165, 1.54) is 12.5 Å². The number of halogens is 2. The molecule has 4 amide bonds. The van der Waals surface area contributed by atoms with Crippen LogP contribution in [-0.2, 0) is 32.0 Å². The van der Waals surface area contributed by atoms with Gasteiger partial charge >= 0.3 is 12.0 Å². The largest absolute Gasteiger partial charge is 0.444 e. The minimum absolute atomic E-state index is 0.00470. The first-order chi connectivity index (χ1) is 21.2. The van der Waals surface area contributed by atoms with Crippen molar-refractivity contribution in [1.29, 1.82) is 0 Å². The van der Waals surface area contributed by atoms with Crippen LogP contribution in [0.2, 0.25) is 0 Å². The molecule has 1 fully saturated rings. The van der Waals surface area contributed by atoms with Gasteiger partial charge in [0, 0.05) is 25.1 Å². The van der Waals surface area contributed by atoms with Crippen molar-refractivity contribution in [1.82, 2.24) is 25.9 Å². The van der Waals surface area contributed by atoms with E-state index in [9.17, 15) is 24.3 Å². The molecule has 12 nitrogen and oxygen atoms in total. The van der Waals surface area contributed by atoms with Crippen molar-refractivity contribution in [3.63, 3.8) is 0 Å². The van der Waals surface area contributed by atoms with Crippen LogP contribution in [0, 0.1) is 5.92 Å². The Kier molecular flexibility index (Phi) is 12.6. The molecule has 2 aromatic rings. The average Bonchev–Trinajstić information content (AvgIpc) is 3.49. The fourth-order valence-electron chi connectivity index (χ4n) is 5.22. The topological polar surface area (TPSA) is 189 Å². The molecule has 0 saturated heterocycles. The van der Waals surface area contributed by atoms with E-state index in [1.54, 1.807) is 56.4 Å². The van der Waals surface area contributed by atoms with Crippen LogP contribution in [0.4, 0.5) is 13.6 Å². The first-order valence-electron chi connectivity index (χ1n) is 15.1. The summed E-state index contributed by atoms with van der Waals surface area (Å²) in [7, 11) is 0. The molecular formula is C31H44F2N6O6. The minimum atomic E-state index is -4.39. The molecule has 1 saturated carbocycles. The highest BCUT2D eigenvalue weighted by atomic mass is 19.3. The maximum Gasteiger partial charge on any atom is 0.408 e. The quantitative estimate of drug-likeness (QED) is 0.194. The highest BCUT2D eigenvalue weighted by Crippen LogP contribution is 2.30. The van der Waals surface area contributed by atoms with E-state index in [2.05, 4.69) is 20.6 Å². The number of aliphatic hydroxyl groups is 1. The number of imidazole rings is 1. The Morgan fingerprint density at radius 1 is 1.02 bits per heavy atom. The molecule has 0 radical (unpaired) electrons. The molecule has 1 aromatic carbocycles. The zero-order valence-electron chi connectivity index (χ0n) is 25.9. The van der Waals surface area contributed by atoms with Gasteiger partial charge in [-0.05, 0) is 38.7 Å². The summed E-state index contributed by atoms with van der Waals surface area (Å²) in [6, 6.07) is 4.53. The zero-order valence-corrected chi connectivity index (χ0v) is 25.9. The van der Waals surface area contributed by atoms with E-state index in [0.717, 1.165) is 32.1 Å². The van der Waals surface area contributed by atoms with Crippen molar-refractivity contribution < 1.29 is 37.8 Å². The number of aliphatic hydroxyl groups excluding tert-OH is 1. The van der Waals surface area contributed by atoms with E-state index < -0.39 is 59.6 Å². The summed E-state index contributed by atoms with van der Waals surface area (Å²) < 4.78 is 35.4. The van der Waals surface area contributed by atoms with Crippen LogP contribution in [0.3, 0.4) is 0 Å². The molecule has 14 heteroatoms. The summed E-state index contributed by atoms with van der Waals surface area (Å²) >= 11 is 0. The zero-order chi connectivity index (χ0) is 33.2. The molecule has 45 heavy (non-hydrogen) atoms. The van der Waals surface area contributed by atoms with Crippen LogP contribution in [0.5, 0.6) is 0 Å². The Morgan fingerprint density at radius 3 is 2.27 bits per heavy atom. The number of hydrogen-bond donors (Lipinski definition) is 6. The summed E-state index contributed by atoms with van der Waals surface area (Å²) in [5, 5.41) is 16.9. The summed E-state index contributed by atoms with van der Waals surface area (Å²) in [5.41, 5.74) is 5.98. The Bertz CT molecular complexity index is 1270. The molecule has 1 aliphatic carbocycles. The number of carbonyl (C=O) groups is 4. The first kappa shape index (κ1) is 35.6. The molecule has 2 unspecified atom stereocenters. The van der Waals surface area contributed by atoms with E-state index in [0.29, 0.717) is 5.56 Å². The summed E-state index contributed by atoms with van der Waals surface area (Å²) in [4.78, 5) is 58.6. The van der Waals surface area contributed by atoms with Gasteiger partial charge in [-0.15, -0.1) is 0 Å². The van der Waals surface area contributed by atoms with Crippen molar-refractivity contribution in [3.05, 3.63) is 54.1 Å². The predicted molar refractivity (Wildman–Crippen MR) is 161 cm³/mol. The standard InChI is InChI=1S/C31H44F2N6O6/c1-30(2,3)45-29(44)38-23(15-20-12-8-5-9-13-20)26(41)37-24(16-21-17-35-18-36-21)27(42)39-28(43)31(32,33)25(40)22(34)14-19-10-6-4-7-11-19/h5,8-9,12-13,17-19,22-25,40H,4,6-7,10-11,14-16,34H2,1-3H3,(H,35,36)(H,37,41)(H,38,44)(H,39,42,43)/t22-,23?,24?,25+/m0/s1. The molecule has 4 atom stereocenters. The van der Waals surface area contributed by atoms with Gasteiger partial charge in [-0.3, -0.25) is 19.7 Å². The third-order valence-electron chi connectivity index (χ3n) is 7.54. The number of hydrogen-bond acceptors (Lipinski definition) is 8. The number of aromatic nitrogens is 2. The smallest absolute Gasteiger partial charge is 0.408 e. The Morgan fingerprint density at radius 2 is 1.67 bits per heavy atom. The van der Waals surface area contributed by atoms with Crippen LogP contribution >= 0.6 is 0 Å². The average molecular weight is 635 g/mol. The Labute approximate surface area is 261 Å². The molecule has 0 aliphatic heterocycles. The third-order valence-corrected chi connectivity index (χ3v) is 7.54. The number of rotatable bonds is 13. The van der Waals surface area contributed by atoms with Crippen molar-refractivity contribution in [2.75, 3.05) is 0 Å². The predicted octanol–water partition coefficient (Wildman–Crippen LogP) is 2.51. The van der Waals surface area contributed by atoms with Crippen molar-refractivity contribution in [3.8, 4) is 0 Å². The number of imide groups is 1. The Hall–Kier alpha value is -3.91. The number of nitrogens with one attached hydrogen (secondary N) is 4. The van der Waals surface area contributed by atoms with Crippen molar-refractivity contribution in [2.45, 2.75) is 108 Å². The van der Waals surface area contributed by atoms with Crippen LogP contribution in [-0.4, -0.2) is 74.6 Å². The number of benzene rings is 1. The van der Waals surface area contributed by atoms with Crippen molar-refractivity contribution in [2.24, 2.45) is 11.7 Å². The van der Waals surface area contributed by atoms with Gasteiger partial charge in [0.15, 0.2) is 0 Å². The van der Waals surface area contributed by atoms with Gasteiger partial charge in [0.05, 0.1) is 12.0 Å². The van der Waals surface area contributed by atoms with Crippen LogP contribution in [0.1, 0.15) is 70.6 Å². The Balaban J connectivity index is 1.75. The lowest BCUT2D eigenvalue weighted by atomic mass is 9.83. The number of aromatic amines is 1. The fourth-order valence-corrected chi connectivity index (χ4v) is 5.22. The molecule has 7 N–H and O–H groups in total. The highest BCUT2D eigenvalue weighted by molar-refractivity contribution is 6.02. The van der Waals surface area contributed by atoms with Crippen LogP contribution in [0.25, 0.3) is 0 Å². The monoisotopic (exact) mass is 634 g/mol. The maximum absolute atomic E-state index is 15.1. The number of ether oxygens (including phenoxy) is 1. The van der Waals surface area contributed by atoms with Crippen LogP contribution in [0.15, 0.2) is 42.9 Å². The minimum Gasteiger partial charge on any atom is -0.444 e. The van der Waals surface area contributed by atoms with Gasteiger partial charge in [-0.2, -0.15) is 8.78 Å². The second-order valence-electron chi connectivity index (χ2n) is 12.5. The maximum atomic E-state index is 15.1. The normalized spacial score (nSPS) is 17.0. The number of nitrogens with two attached hydrogens (primary N) is 1. The fraction of sp³-hybridized carbons (Fsp3) is 0.581. The highest BCUT2D eigenvalue weighted by Gasteiger charge is 2.50. The molecule has 1 aliphatic rings. The van der Waals surface area contributed by atoms with Gasteiger partial charge < -0.3 is 31.2 Å². The molecule has 1 aromatic heterocycles. The second-order valence-corrected chi connectivity index (χ2v) is 12.5. The van der Waals surface area contributed by atoms with Crippen LogP contribution < -0.4 is 21.7 Å².